The fourth-order valence-corrected chi connectivity index (χ4v) is 1.10. The first kappa shape index (κ1) is 9.19. The lowest BCUT2D eigenvalue weighted by Gasteiger charge is -1.93. The molecule has 2 rings (SSSR count). The van der Waals surface area contributed by atoms with Crippen LogP contribution in [0.1, 0.15) is 0 Å². The summed E-state index contributed by atoms with van der Waals surface area (Å²) in [4.78, 5) is 21.6. The third-order valence-electron chi connectivity index (χ3n) is 1.63. The Morgan fingerprint density at radius 1 is 1.00 bits per heavy atom. The van der Waals surface area contributed by atoms with Gasteiger partial charge in [0.1, 0.15) is 6.79 Å². The average Bonchev–Trinajstić information content (AvgIpc) is 2.21. The van der Waals surface area contributed by atoms with E-state index in [9.17, 15) is 4.79 Å². The molecule has 66 valence electrons. The first-order valence-corrected chi connectivity index (χ1v) is 3.73. The average molecular weight is 175 g/mol. The Bertz CT molecular complexity index is 448. The summed E-state index contributed by atoms with van der Waals surface area (Å²) < 4.78 is 0. The summed E-state index contributed by atoms with van der Waals surface area (Å²) in [7, 11) is 0. The van der Waals surface area contributed by atoms with Gasteiger partial charge in [-0.05, 0) is 17.5 Å². The number of hydrogen-bond acceptors (Lipinski definition) is 2. The topological polar surface area (TPSA) is 49.9 Å². The van der Waals surface area contributed by atoms with E-state index in [2.05, 4.69) is 4.98 Å². The lowest BCUT2D eigenvalue weighted by atomic mass is 10.2. The van der Waals surface area contributed by atoms with E-state index >= 15 is 0 Å². The van der Waals surface area contributed by atoms with Crippen LogP contribution in [-0.2, 0) is 4.79 Å². The number of pyridine rings is 1. The van der Waals surface area contributed by atoms with E-state index < -0.39 is 0 Å². The summed E-state index contributed by atoms with van der Waals surface area (Å²) in [6.07, 6.45) is 0. The van der Waals surface area contributed by atoms with Crippen molar-refractivity contribution in [3.8, 4) is 0 Å². The van der Waals surface area contributed by atoms with Crippen molar-refractivity contribution in [2.24, 2.45) is 0 Å². The van der Waals surface area contributed by atoms with Gasteiger partial charge in [0.15, 0.2) is 0 Å². The molecule has 0 fully saturated rings. The molecular formula is C10H9NO2. The van der Waals surface area contributed by atoms with E-state index in [1.54, 1.807) is 0 Å². The van der Waals surface area contributed by atoms with Crippen molar-refractivity contribution in [1.82, 2.24) is 4.98 Å². The molecule has 0 aliphatic rings. The Morgan fingerprint density at radius 2 is 1.69 bits per heavy atom. The number of aromatic nitrogens is 1. The number of benzene rings is 1. The fourth-order valence-electron chi connectivity index (χ4n) is 1.10. The Kier molecular flexibility index (Phi) is 2.97. The third-order valence-corrected chi connectivity index (χ3v) is 1.63. The van der Waals surface area contributed by atoms with Crippen molar-refractivity contribution in [3.05, 3.63) is 46.8 Å². The summed E-state index contributed by atoms with van der Waals surface area (Å²) in [6, 6.07) is 11.0. The maximum absolute atomic E-state index is 10.8. The van der Waals surface area contributed by atoms with Crippen molar-refractivity contribution >= 4 is 17.7 Å². The van der Waals surface area contributed by atoms with Crippen molar-refractivity contribution < 1.29 is 4.79 Å². The van der Waals surface area contributed by atoms with Gasteiger partial charge in [-0.2, -0.15) is 0 Å². The summed E-state index contributed by atoms with van der Waals surface area (Å²) in [5.74, 6) is 0. The van der Waals surface area contributed by atoms with Gasteiger partial charge in [0, 0.05) is 11.6 Å². The van der Waals surface area contributed by atoms with E-state index in [1.165, 1.54) is 6.07 Å². The van der Waals surface area contributed by atoms with Crippen molar-refractivity contribution in [2.75, 3.05) is 0 Å². The van der Waals surface area contributed by atoms with Crippen LogP contribution in [0.4, 0.5) is 0 Å². The minimum atomic E-state index is -0.0521. The van der Waals surface area contributed by atoms with Crippen molar-refractivity contribution in [1.29, 1.82) is 0 Å². The number of H-pyrrole nitrogens is 1. The van der Waals surface area contributed by atoms with Crippen LogP contribution < -0.4 is 5.56 Å². The second-order valence-electron chi connectivity index (χ2n) is 2.41. The van der Waals surface area contributed by atoms with Crippen LogP contribution in [0, 0.1) is 0 Å². The molecular weight excluding hydrogens is 166 g/mol. The minimum Gasteiger partial charge on any atom is -0.322 e. The van der Waals surface area contributed by atoms with Crippen LogP contribution in [0.2, 0.25) is 0 Å². The Balaban J connectivity index is 0.000000396. The molecule has 1 N–H and O–H groups in total. The second kappa shape index (κ2) is 4.21. The number of aromatic amines is 1. The number of carbonyl (C=O) groups excluding carboxylic acids is 1. The molecule has 1 heterocycles. The van der Waals surface area contributed by atoms with E-state index in [-0.39, 0.29) is 5.56 Å². The number of para-hydroxylation sites is 1. The van der Waals surface area contributed by atoms with E-state index in [1.807, 2.05) is 37.1 Å². The highest BCUT2D eigenvalue weighted by molar-refractivity contribution is 5.77. The molecule has 0 bridgehead atoms. The largest absolute Gasteiger partial charge is 0.322 e. The quantitative estimate of drug-likeness (QED) is 0.656. The minimum absolute atomic E-state index is 0.0521. The summed E-state index contributed by atoms with van der Waals surface area (Å²) in [6.45, 7) is 2.00. The van der Waals surface area contributed by atoms with Crippen molar-refractivity contribution in [3.63, 3.8) is 0 Å². The van der Waals surface area contributed by atoms with Gasteiger partial charge in [0.2, 0.25) is 5.56 Å². The van der Waals surface area contributed by atoms with Crippen LogP contribution in [0.5, 0.6) is 0 Å². The number of carbonyl (C=O) groups is 1. The summed E-state index contributed by atoms with van der Waals surface area (Å²) >= 11 is 0. The highest BCUT2D eigenvalue weighted by Gasteiger charge is 1.89. The molecule has 0 spiro atoms. The lowest BCUT2D eigenvalue weighted by Crippen LogP contribution is -2.01. The molecule has 2 aromatic rings. The van der Waals surface area contributed by atoms with Gasteiger partial charge in [-0.1, -0.05) is 18.2 Å². The van der Waals surface area contributed by atoms with Gasteiger partial charge in [-0.15, -0.1) is 0 Å². The highest BCUT2D eigenvalue weighted by Crippen LogP contribution is 2.06. The van der Waals surface area contributed by atoms with Crippen LogP contribution in [0.15, 0.2) is 41.2 Å². The van der Waals surface area contributed by atoms with E-state index in [4.69, 9.17) is 4.79 Å². The number of hydrogen-bond donors (Lipinski definition) is 1. The van der Waals surface area contributed by atoms with Crippen LogP contribution in [-0.4, -0.2) is 11.8 Å². The molecule has 0 saturated heterocycles. The molecule has 1 aromatic heterocycles. The normalized spacial score (nSPS) is 8.92. The number of fused-ring (bicyclic) bond motifs is 1. The first-order chi connectivity index (χ1) is 6.36. The molecule has 3 nitrogen and oxygen atoms in total. The van der Waals surface area contributed by atoms with Gasteiger partial charge < -0.3 is 9.78 Å². The second-order valence-corrected chi connectivity index (χ2v) is 2.41. The summed E-state index contributed by atoms with van der Waals surface area (Å²) in [5, 5.41) is 1.06. The zero-order valence-corrected chi connectivity index (χ0v) is 6.99. The van der Waals surface area contributed by atoms with E-state index in [0.29, 0.717) is 0 Å². The maximum Gasteiger partial charge on any atom is 0.248 e. The predicted molar refractivity (Wildman–Crippen MR) is 51.7 cm³/mol. The highest BCUT2D eigenvalue weighted by atomic mass is 16.1. The zero-order valence-electron chi connectivity index (χ0n) is 6.99. The van der Waals surface area contributed by atoms with Crippen LogP contribution >= 0.6 is 0 Å². The number of rotatable bonds is 0. The van der Waals surface area contributed by atoms with Crippen molar-refractivity contribution in [2.45, 2.75) is 0 Å². The molecule has 0 atom stereocenters. The fraction of sp³-hybridized carbons (Fsp3) is 0. The van der Waals surface area contributed by atoms with Gasteiger partial charge in [-0.25, -0.2) is 0 Å². The van der Waals surface area contributed by atoms with Crippen LogP contribution in [0.3, 0.4) is 0 Å². The third kappa shape index (κ3) is 2.02. The number of nitrogens with one attached hydrogen (secondary N) is 1. The zero-order chi connectivity index (χ0) is 9.68. The van der Waals surface area contributed by atoms with E-state index in [0.717, 1.165) is 10.9 Å². The lowest BCUT2D eigenvalue weighted by molar-refractivity contribution is -0.0979. The van der Waals surface area contributed by atoms with Gasteiger partial charge in [0.25, 0.3) is 0 Å². The Labute approximate surface area is 75.0 Å². The molecule has 0 radical (unpaired) electrons. The SMILES string of the molecule is C=O.O=c1ccc2ccccc2[nH]1. The Hall–Kier alpha value is -1.90. The Morgan fingerprint density at radius 3 is 2.46 bits per heavy atom. The molecule has 0 saturated carbocycles. The first-order valence-electron chi connectivity index (χ1n) is 3.73. The molecule has 0 amide bonds. The summed E-state index contributed by atoms with van der Waals surface area (Å²) in [5.41, 5.74) is 0.837. The predicted octanol–water partition coefficient (Wildman–Crippen LogP) is 1.34. The molecule has 0 aliphatic carbocycles. The smallest absolute Gasteiger partial charge is 0.248 e. The van der Waals surface area contributed by atoms with Crippen LogP contribution in [0.25, 0.3) is 10.9 Å². The maximum atomic E-state index is 10.8. The molecule has 3 heteroatoms. The van der Waals surface area contributed by atoms with Gasteiger partial charge in [-0.3, -0.25) is 4.79 Å². The standard InChI is InChI=1S/C9H7NO.CH2O/c11-9-6-5-7-3-1-2-4-8(7)10-9;1-2/h1-6H,(H,10,11);1H2. The monoisotopic (exact) mass is 175 g/mol. The molecule has 0 aliphatic heterocycles. The molecule has 1 aromatic carbocycles. The molecule has 0 unspecified atom stereocenters. The molecule has 13 heavy (non-hydrogen) atoms. The van der Waals surface area contributed by atoms with Gasteiger partial charge >= 0.3 is 0 Å². The van der Waals surface area contributed by atoms with Gasteiger partial charge in [0.05, 0.1) is 0 Å².